The summed E-state index contributed by atoms with van der Waals surface area (Å²) >= 11 is 0. The molecule has 1 fully saturated rings. The molecule has 0 radical (unpaired) electrons. The van der Waals surface area contributed by atoms with Crippen LogP contribution >= 0.6 is 0 Å². The number of aromatic nitrogens is 1. The first kappa shape index (κ1) is 9.91. The summed E-state index contributed by atoms with van der Waals surface area (Å²) in [5.41, 5.74) is 7.32. The summed E-state index contributed by atoms with van der Waals surface area (Å²) in [6, 6.07) is 11.9. The molecule has 1 aromatic heterocycles. The molecule has 2 N–H and O–H groups in total. The van der Waals surface area contributed by atoms with Gasteiger partial charge in [0.25, 0.3) is 0 Å². The molecule has 3 rings (SSSR count). The van der Waals surface area contributed by atoms with E-state index in [1.807, 2.05) is 0 Å². The average Bonchev–Trinajstić information content (AvgIpc) is 2.74. The molecule has 0 bridgehead atoms. The van der Waals surface area contributed by atoms with Crippen molar-refractivity contribution in [3.8, 4) is 0 Å². The molecule has 2 heteroatoms. The molecule has 0 unspecified atom stereocenters. The van der Waals surface area contributed by atoms with Gasteiger partial charge in [-0.05, 0) is 43.2 Å². The van der Waals surface area contributed by atoms with Gasteiger partial charge < -0.3 is 10.3 Å². The van der Waals surface area contributed by atoms with Gasteiger partial charge in [-0.3, -0.25) is 0 Å². The van der Waals surface area contributed by atoms with Gasteiger partial charge in [0, 0.05) is 23.8 Å². The molecule has 1 heterocycles. The van der Waals surface area contributed by atoms with Crippen LogP contribution in [-0.4, -0.2) is 10.6 Å². The molecule has 1 saturated carbocycles. The lowest BCUT2D eigenvalue weighted by molar-refractivity contribution is 0.330. The molecule has 0 atom stereocenters. The predicted octanol–water partition coefficient (Wildman–Crippen LogP) is 3.08. The molecule has 0 spiro atoms. The van der Waals surface area contributed by atoms with Gasteiger partial charge in [0.05, 0.1) is 0 Å². The van der Waals surface area contributed by atoms with Crippen LogP contribution < -0.4 is 5.73 Å². The van der Waals surface area contributed by atoms with E-state index in [4.69, 9.17) is 5.73 Å². The van der Waals surface area contributed by atoms with Crippen molar-refractivity contribution in [2.75, 3.05) is 0 Å². The molecule has 16 heavy (non-hydrogen) atoms. The number of para-hydroxylation sites is 1. The number of rotatable bonds is 1. The SMILES string of the molecule is NC1CCC(n2ccc3ccccc32)CC1. The van der Waals surface area contributed by atoms with E-state index in [0.717, 1.165) is 12.8 Å². The highest BCUT2D eigenvalue weighted by molar-refractivity contribution is 5.80. The zero-order valence-electron chi connectivity index (χ0n) is 9.47. The highest BCUT2D eigenvalue weighted by Crippen LogP contribution is 2.30. The summed E-state index contributed by atoms with van der Waals surface area (Å²) < 4.78 is 2.43. The van der Waals surface area contributed by atoms with Crippen molar-refractivity contribution < 1.29 is 0 Å². The van der Waals surface area contributed by atoms with E-state index in [0.29, 0.717) is 12.1 Å². The van der Waals surface area contributed by atoms with Crippen molar-refractivity contribution in [3.63, 3.8) is 0 Å². The van der Waals surface area contributed by atoms with E-state index in [-0.39, 0.29) is 0 Å². The Morgan fingerprint density at radius 3 is 2.56 bits per heavy atom. The fourth-order valence-electron chi connectivity index (χ4n) is 2.80. The Kier molecular flexibility index (Phi) is 2.44. The van der Waals surface area contributed by atoms with Crippen molar-refractivity contribution in [2.45, 2.75) is 37.8 Å². The Balaban J connectivity index is 1.94. The number of hydrogen-bond donors (Lipinski definition) is 1. The third-order valence-electron chi connectivity index (χ3n) is 3.76. The van der Waals surface area contributed by atoms with Crippen LogP contribution in [0, 0.1) is 0 Å². The van der Waals surface area contributed by atoms with E-state index >= 15 is 0 Å². The van der Waals surface area contributed by atoms with Gasteiger partial charge >= 0.3 is 0 Å². The molecule has 0 amide bonds. The van der Waals surface area contributed by atoms with E-state index < -0.39 is 0 Å². The normalized spacial score (nSPS) is 26.1. The Morgan fingerprint density at radius 2 is 1.75 bits per heavy atom. The first-order valence-electron chi connectivity index (χ1n) is 6.16. The monoisotopic (exact) mass is 214 g/mol. The minimum atomic E-state index is 0.429. The Bertz CT molecular complexity index is 478. The van der Waals surface area contributed by atoms with Gasteiger partial charge in [-0.15, -0.1) is 0 Å². The fraction of sp³-hybridized carbons (Fsp3) is 0.429. The molecule has 2 nitrogen and oxygen atoms in total. The van der Waals surface area contributed by atoms with E-state index in [9.17, 15) is 0 Å². The zero-order valence-corrected chi connectivity index (χ0v) is 9.47. The van der Waals surface area contributed by atoms with Crippen LogP contribution in [0.5, 0.6) is 0 Å². The standard InChI is InChI=1S/C14H18N2/c15-12-5-7-13(8-6-12)16-10-9-11-3-1-2-4-14(11)16/h1-4,9-10,12-13H,5-8,15H2. The Morgan fingerprint density at radius 1 is 1.00 bits per heavy atom. The topological polar surface area (TPSA) is 30.9 Å². The molecule has 1 aliphatic carbocycles. The minimum Gasteiger partial charge on any atom is -0.344 e. The molecule has 0 saturated heterocycles. The average molecular weight is 214 g/mol. The number of nitrogens with two attached hydrogens (primary N) is 1. The highest BCUT2D eigenvalue weighted by Gasteiger charge is 2.20. The maximum Gasteiger partial charge on any atom is 0.0482 e. The van der Waals surface area contributed by atoms with Gasteiger partial charge in [0.1, 0.15) is 0 Å². The summed E-state index contributed by atoms with van der Waals surface area (Å²) in [6.07, 6.45) is 7.00. The van der Waals surface area contributed by atoms with Crippen molar-refractivity contribution in [3.05, 3.63) is 36.5 Å². The van der Waals surface area contributed by atoms with Crippen LogP contribution in [-0.2, 0) is 0 Å². The van der Waals surface area contributed by atoms with E-state index in [1.54, 1.807) is 0 Å². The summed E-state index contributed by atoms with van der Waals surface area (Å²) in [4.78, 5) is 0. The molecule has 1 aliphatic rings. The maximum absolute atomic E-state index is 5.95. The largest absolute Gasteiger partial charge is 0.344 e. The quantitative estimate of drug-likeness (QED) is 0.777. The first-order chi connectivity index (χ1) is 7.84. The fourth-order valence-corrected chi connectivity index (χ4v) is 2.80. The number of nitrogens with zero attached hydrogens (tertiary/aromatic N) is 1. The minimum absolute atomic E-state index is 0.429. The summed E-state index contributed by atoms with van der Waals surface area (Å²) in [5.74, 6) is 0. The van der Waals surface area contributed by atoms with Gasteiger partial charge in [0.2, 0.25) is 0 Å². The van der Waals surface area contributed by atoms with Crippen LogP contribution in [0.4, 0.5) is 0 Å². The predicted molar refractivity (Wildman–Crippen MR) is 67.4 cm³/mol. The molecular weight excluding hydrogens is 196 g/mol. The number of benzene rings is 1. The zero-order chi connectivity index (χ0) is 11.0. The lowest BCUT2D eigenvalue weighted by atomic mass is 9.91. The van der Waals surface area contributed by atoms with Gasteiger partial charge in [-0.1, -0.05) is 18.2 Å². The van der Waals surface area contributed by atoms with E-state index in [1.165, 1.54) is 23.7 Å². The van der Waals surface area contributed by atoms with Crippen LogP contribution in [0.3, 0.4) is 0 Å². The number of fused-ring (bicyclic) bond motifs is 1. The van der Waals surface area contributed by atoms with Crippen molar-refractivity contribution in [1.82, 2.24) is 4.57 Å². The third kappa shape index (κ3) is 1.63. The summed E-state index contributed by atoms with van der Waals surface area (Å²) in [5, 5.41) is 1.34. The highest BCUT2D eigenvalue weighted by atomic mass is 15.0. The molecule has 84 valence electrons. The van der Waals surface area contributed by atoms with Crippen molar-refractivity contribution in [2.24, 2.45) is 5.73 Å². The van der Waals surface area contributed by atoms with Crippen LogP contribution in [0.15, 0.2) is 36.5 Å². The van der Waals surface area contributed by atoms with Gasteiger partial charge in [-0.2, -0.15) is 0 Å². The Hall–Kier alpha value is -1.28. The smallest absolute Gasteiger partial charge is 0.0482 e. The summed E-state index contributed by atoms with van der Waals surface area (Å²) in [6.45, 7) is 0. The van der Waals surface area contributed by atoms with Gasteiger partial charge in [0.15, 0.2) is 0 Å². The molecule has 1 aromatic carbocycles. The second-order valence-electron chi connectivity index (χ2n) is 4.85. The van der Waals surface area contributed by atoms with Crippen LogP contribution in [0.25, 0.3) is 10.9 Å². The summed E-state index contributed by atoms with van der Waals surface area (Å²) in [7, 11) is 0. The van der Waals surface area contributed by atoms with Crippen molar-refractivity contribution in [1.29, 1.82) is 0 Å². The molecule has 0 aliphatic heterocycles. The second-order valence-corrected chi connectivity index (χ2v) is 4.85. The Labute approximate surface area is 96.1 Å². The second kappa shape index (κ2) is 3.95. The number of hydrogen-bond acceptors (Lipinski definition) is 1. The lowest BCUT2D eigenvalue weighted by Gasteiger charge is -2.28. The lowest BCUT2D eigenvalue weighted by Crippen LogP contribution is -2.27. The third-order valence-corrected chi connectivity index (χ3v) is 3.76. The van der Waals surface area contributed by atoms with Crippen LogP contribution in [0.1, 0.15) is 31.7 Å². The first-order valence-corrected chi connectivity index (χ1v) is 6.16. The maximum atomic E-state index is 5.95. The molecule has 2 aromatic rings. The van der Waals surface area contributed by atoms with Gasteiger partial charge in [-0.25, -0.2) is 0 Å². The van der Waals surface area contributed by atoms with Crippen LogP contribution in [0.2, 0.25) is 0 Å². The van der Waals surface area contributed by atoms with Crippen molar-refractivity contribution >= 4 is 10.9 Å². The molecular formula is C14H18N2. The van der Waals surface area contributed by atoms with E-state index in [2.05, 4.69) is 41.1 Å².